The summed E-state index contributed by atoms with van der Waals surface area (Å²) in [5, 5.41) is 3.55. The van der Waals surface area contributed by atoms with Gasteiger partial charge in [-0.05, 0) is 76.2 Å². The number of nitrogens with one attached hydrogen (secondary N) is 1. The van der Waals surface area contributed by atoms with E-state index in [0.29, 0.717) is 5.54 Å². The van der Waals surface area contributed by atoms with Gasteiger partial charge in [-0.2, -0.15) is 0 Å². The molecule has 2 bridgehead atoms. The number of fused-ring (bicyclic) bond motifs is 5. The smallest absolute Gasteiger partial charge is 0.0153 e. The van der Waals surface area contributed by atoms with Crippen LogP contribution in [0, 0.1) is 23.7 Å². The largest absolute Gasteiger partial charge is 0.315 e. The van der Waals surface area contributed by atoms with Crippen LogP contribution in [0.25, 0.3) is 0 Å². The molecule has 5 unspecified atom stereocenters. The molecule has 3 rings (SSSR count). The van der Waals surface area contributed by atoms with Crippen LogP contribution in [0.15, 0.2) is 0 Å². The van der Waals surface area contributed by atoms with Crippen molar-refractivity contribution >= 4 is 0 Å². The third kappa shape index (κ3) is 1.18. The number of hydrogen-bond acceptors (Lipinski definition) is 1. The Kier molecular flexibility index (Phi) is 1.96. The Labute approximate surface area is 87.7 Å². The van der Waals surface area contributed by atoms with Crippen LogP contribution in [-0.4, -0.2) is 12.6 Å². The molecule has 1 heteroatoms. The second-order valence-electron chi connectivity index (χ2n) is 6.21. The van der Waals surface area contributed by atoms with Gasteiger partial charge < -0.3 is 5.32 Å². The van der Waals surface area contributed by atoms with Crippen LogP contribution in [0.4, 0.5) is 0 Å². The SMILES string of the molecule is CNC1(C)CCC2C3CCC(C3)C2C1. The Balaban J connectivity index is 1.78. The lowest BCUT2D eigenvalue weighted by Gasteiger charge is -2.44. The van der Waals surface area contributed by atoms with Crippen molar-refractivity contribution in [3.8, 4) is 0 Å². The molecule has 3 saturated carbocycles. The summed E-state index contributed by atoms with van der Waals surface area (Å²) < 4.78 is 0. The Bertz CT molecular complexity index is 237. The van der Waals surface area contributed by atoms with Crippen molar-refractivity contribution in [2.24, 2.45) is 23.7 Å². The van der Waals surface area contributed by atoms with E-state index in [1.54, 1.807) is 19.3 Å². The molecule has 0 radical (unpaired) electrons. The zero-order valence-electron chi connectivity index (χ0n) is 9.55. The molecule has 0 aromatic carbocycles. The highest BCUT2D eigenvalue weighted by Crippen LogP contribution is 2.58. The van der Waals surface area contributed by atoms with E-state index >= 15 is 0 Å². The van der Waals surface area contributed by atoms with Crippen LogP contribution < -0.4 is 5.32 Å². The van der Waals surface area contributed by atoms with Crippen LogP contribution in [0.1, 0.15) is 45.4 Å². The summed E-state index contributed by atoms with van der Waals surface area (Å²) in [6.45, 7) is 2.43. The molecule has 0 saturated heterocycles. The normalized spacial score (nSPS) is 56.1. The average Bonchev–Trinajstić information content (AvgIpc) is 2.78. The molecule has 3 fully saturated rings. The Morgan fingerprint density at radius 2 is 1.79 bits per heavy atom. The minimum absolute atomic E-state index is 0.464. The lowest BCUT2D eigenvalue weighted by Crippen LogP contribution is -2.47. The first-order chi connectivity index (χ1) is 6.72. The molecule has 3 aliphatic rings. The minimum Gasteiger partial charge on any atom is -0.315 e. The van der Waals surface area contributed by atoms with Crippen LogP contribution in [0.5, 0.6) is 0 Å². The third-order valence-electron chi connectivity index (χ3n) is 5.59. The summed E-state index contributed by atoms with van der Waals surface area (Å²) in [4.78, 5) is 0. The number of rotatable bonds is 1. The van der Waals surface area contributed by atoms with Gasteiger partial charge in [-0.1, -0.05) is 0 Å². The summed E-state index contributed by atoms with van der Waals surface area (Å²) in [6.07, 6.45) is 9.05. The van der Waals surface area contributed by atoms with E-state index in [9.17, 15) is 0 Å². The van der Waals surface area contributed by atoms with Gasteiger partial charge >= 0.3 is 0 Å². The molecule has 80 valence electrons. The fourth-order valence-electron chi connectivity index (χ4n) is 4.63. The molecule has 0 spiro atoms. The second-order valence-corrected chi connectivity index (χ2v) is 6.21. The van der Waals surface area contributed by atoms with Crippen molar-refractivity contribution in [1.29, 1.82) is 0 Å². The summed E-state index contributed by atoms with van der Waals surface area (Å²) in [5.41, 5.74) is 0.464. The molecule has 0 heterocycles. The Morgan fingerprint density at radius 1 is 1.07 bits per heavy atom. The molecule has 0 amide bonds. The van der Waals surface area contributed by atoms with Crippen LogP contribution in [0.2, 0.25) is 0 Å². The average molecular weight is 193 g/mol. The Morgan fingerprint density at radius 3 is 2.50 bits per heavy atom. The summed E-state index contributed by atoms with van der Waals surface area (Å²) in [6, 6.07) is 0. The second kappa shape index (κ2) is 2.98. The van der Waals surface area contributed by atoms with Crippen LogP contribution in [-0.2, 0) is 0 Å². The molecule has 3 aliphatic carbocycles. The monoisotopic (exact) mass is 193 g/mol. The molecular weight excluding hydrogens is 170 g/mol. The summed E-state index contributed by atoms with van der Waals surface area (Å²) in [5.74, 6) is 4.44. The fourth-order valence-corrected chi connectivity index (χ4v) is 4.63. The lowest BCUT2D eigenvalue weighted by atomic mass is 9.65. The van der Waals surface area contributed by atoms with E-state index in [2.05, 4.69) is 19.3 Å². The van der Waals surface area contributed by atoms with Crippen molar-refractivity contribution in [3.05, 3.63) is 0 Å². The maximum absolute atomic E-state index is 3.55. The highest BCUT2D eigenvalue weighted by molar-refractivity contribution is 5.03. The molecule has 1 nitrogen and oxygen atoms in total. The molecule has 0 aromatic heterocycles. The molecule has 0 aromatic rings. The van der Waals surface area contributed by atoms with Gasteiger partial charge in [0, 0.05) is 5.54 Å². The minimum atomic E-state index is 0.464. The lowest BCUT2D eigenvalue weighted by molar-refractivity contribution is 0.0938. The molecular formula is C13H23N. The van der Waals surface area contributed by atoms with E-state index < -0.39 is 0 Å². The fraction of sp³-hybridized carbons (Fsp3) is 1.00. The predicted molar refractivity (Wildman–Crippen MR) is 59.1 cm³/mol. The van der Waals surface area contributed by atoms with Gasteiger partial charge in [-0.15, -0.1) is 0 Å². The first kappa shape index (κ1) is 9.21. The molecule has 5 atom stereocenters. The molecule has 1 N–H and O–H groups in total. The first-order valence-corrected chi connectivity index (χ1v) is 6.41. The van der Waals surface area contributed by atoms with Gasteiger partial charge in [-0.3, -0.25) is 0 Å². The number of hydrogen-bond donors (Lipinski definition) is 1. The Hall–Kier alpha value is -0.0400. The quantitative estimate of drug-likeness (QED) is 0.675. The van der Waals surface area contributed by atoms with Gasteiger partial charge in [0.1, 0.15) is 0 Å². The van der Waals surface area contributed by atoms with E-state index in [1.165, 1.54) is 19.3 Å². The van der Waals surface area contributed by atoms with E-state index in [-0.39, 0.29) is 0 Å². The standard InChI is InChI=1S/C13H23N/c1-13(14-2)6-5-11-9-3-4-10(7-9)12(11)8-13/h9-12,14H,3-8H2,1-2H3. The predicted octanol–water partition coefficient (Wildman–Crippen LogP) is 2.81. The van der Waals surface area contributed by atoms with Gasteiger partial charge in [-0.25, -0.2) is 0 Å². The van der Waals surface area contributed by atoms with E-state index in [1.807, 2.05) is 0 Å². The first-order valence-electron chi connectivity index (χ1n) is 6.41. The van der Waals surface area contributed by atoms with Crippen molar-refractivity contribution in [2.45, 2.75) is 51.0 Å². The highest BCUT2D eigenvalue weighted by atomic mass is 14.9. The highest BCUT2D eigenvalue weighted by Gasteiger charge is 2.51. The topological polar surface area (TPSA) is 12.0 Å². The van der Waals surface area contributed by atoms with Gasteiger partial charge in [0.05, 0.1) is 0 Å². The van der Waals surface area contributed by atoms with Crippen molar-refractivity contribution in [3.63, 3.8) is 0 Å². The van der Waals surface area contributed by atoms with E-state index in [0.717, 1.165) is 23.7 Å². The van der Waals surface area contributed by atoms with E-state index in [4.69, 9.17) is 0 Å². The van der Waals surface area contributed by atoms with Crippen LogP contribution in [0.3, 0.4) is 0 Å². The van der Waals surface area contributed by atoms with Crippen molar-refractivity contribution in [2.75, 3.05) is 7.05 Å². The third-order valence-corrected chi connectivity index (χ3v) is 5.59. The van der Waals surface area contributed by atoms with Gasteiger partial charge in [0.25, 0.3) is 0 Å². The maximum Gasteiger partial charge on any atom is 0.0153 e. The summed E-state index contributed by atoms with van der Waals surface area (Å²) in [7, 11) is 2.15. The molecule has 14 heavy (non-hydrogen) atoms. The zero-order chi connectivity index (χ0) is 9.76. The van der Waals surface area contributed by atoms with Gasteiger partial charge in [0.15, 0.2) is 0 Å². The molecule has 0 aliphatic heterocycles. The van der Waals surface area contributed by atoms with Crippen molar-refractivity contribution < 1.29 is 0 Å². The van der Waals surface area contributed by atoms with Crippen LogP contribution >= 0.6 is 0 Å². The zero-order valence-corrected chi connectivity index (χ0v) is 9.55. The van der Waals surface area contributed by atoms with Crippen molar-refractivity contribution in [1.82, 2.24) is 5.32 Å². The van der Waals surface area contributed by atoms with Gasteiger partial charge in [0.2, 0.25) is 0 Å². The maximum atomic E-state index is 3.55. The summed E-state index contributed by atoms with van der Waals surface area (Å²) >= 11 is 0.